The molecule has 8 heteroatoms. The molecule has 0 amide bonds. The lowest BCUT2D eigenvalue weighted by atomic mass is 9.72. The van der Waals surface area contributed by atoms with E-state index in [9.17, 15) is 18.3 Å². The maximum Gasteiger partial charge on any atom is 0.322 e. The van der Waals surface area contributed by atoms with Crippen molar-refractivity contribution in [1.82, 2.24) is 9.29 Å². The zero-order valence-corrected chi connectivity index (χ0v) is 14.3. The molecule has 1 saturated carbocycles. The standard InChI is InChI=1S/C17H18N2O5S/c20-16(21)14-17(8-4-5-9-17)11-19(14)25(22,23)13-10-18-15(24-13)12-6-2-1-3-7-12/h1-3,6-7,10,14H,4-5,8-9,11H2,(H,20,21). The molecular weight excluding hydrogens is 344 g/mol. The number of hydrogen-bond acceptors (Lipinski definition) is 5. The number of carbonyl (C=O) groups is 1. The number of sulfonamides is 1. The van der Waals surface area contributed by atoms with Gasteiger partial charge in [0, 0.05) is 17.5 Å². The first-order chi connectivity index (χ1) is 11.9. The highest BCUT2D eigenvalue weighted by atomic mass is 32.2. The minimum atomic E-state index is -4.02. The van der Waals surface area contributed by atoms with Gasteiger partial charge in [-0.1, -0.05) is 31.0 Å². The van der Waals surface area contributed by atoms with Gasteiger partial charge < -0.3 is 9.52 Å². The van der Waals surface area contributed by atoms with Crippen LogP contribution in [-0.2, 0) is 14.8 Å². The molecule has 1 aromatic carbocycles. The SMILES string of the molecule is O=C(O)C1N(S(=O)(=O)c2cnc(-c3ccccc3)o2)CC12CCCC2. The molecule has 25 heavy (non-hydrogen) atoms. The summed E-state index contributed by atoms with van der Waals surface area (Å²) in [7, 11) is -4.02. The third-order valence-corrected chi connectivity index (χ3v) is 6.89. The molecule has 132 valence electrons. The lowest BCUT2D eigenvalue weighted by molar-refractivity contribution is -0.155. The van der Waals surface area contributed by atoms with Crippen LogP contribution >= 0.6 is 0 Å². The summed E-state index contributed by atoms with van der Waals surface area (Å²) in [5, 5.41) is 9.26. The van der Waals surface area contributed by atoms with Crippen LogP contribution in [0.5, 0.6) is 0 Å². The summed E-state index contributed by atoms with van der Waals surface area (Å²) in [5.74, 6) is -0.901. The minimum absolute atomic E-state index is 0.196. The molecule has 1 atom stereocenters. The molecule has 2 heterocycles. The van der Waals surface area contributed by atoms with Crippen LogP contribution in [0.2, 0.25) is 0 Å². The smallest absolute Gasteiger partial charge is 0.322 e. The van der Waals surface area contributed by atoms with Crippen LogP contribution in [-0.4, -0.2) is 41.4 Å². The summed E-state index contributed by atoms with van der Waals surface area (Å²) in [6.45, 7) is 0.230. The molecule has 1 unspecified atom stereocenters. The second-order valence-electron chi connectivity index (χ2n) is 6.71. The Morgan fingerprint density at radius 1 is 1.24 bits per heavy atom. The normalized spacial score (nSPS) is 22.8. The average molecular weight is 362 g/mol. The fourth-order valence-electron chi connectivity index (χ4n) is 4.01. The van der Waals surface area contributed by atoms with Gasteiger partial charge >= 0.3 is 5.97 Å². The largest absolute Gasteiger partial charge is 0.480 e. The molecule has 1 aliphatic carbocycles. The molecule has 2 aliphatic rings. The third kappa shape index (κ3) is 2.47. The van der Waals surface area contributed by atoms with Gasteiger partial charge in [-0.05, 0) is 25.0 Å². The van der Waals surface area contributed by atoms with Crippen molar-refractivity contribution in [3.8, 4) is 11.5 Å². The molecule has 0 bridgehead atoms. The van der Waals surface area contributed by atoms with E-state index in [4.69, 9.17) is 4.42 Å². The van der Waals surface area contributed by atoms with Crippen molar-refractivity contribution in [3.05, 3.63) is 36.5 Å². The molecule has 2 aromatic rings. The Kier molecular flexibility index (Phi) is 3.69. The number of benzene rings is 1. The van der Waals surface area contributed by atoms with Crippen molar-refractivity contribution in [2.45, 2.75) is 36.8 Å². The molecule has 1 spiro atoms. The average Bonchev–Trinajstić information content (AvgIpc) is 3.24. The summed E-state index contributed by atoms with van der Waals surface area (Å²) >= 11 is 0. The monoisotopic (exact) mass is 362 g/mol. The Labute approximate surface area is 145 Å². The quantitative estimate of drug-likeness (QED) is 0.896. The van der Waals surface area contributed by atoms with Crippen LogP contribution in [0, 0.1) is 5.41 Å². The first-order valence-electron chi connectivity index (χ1n) is 8.20. The molecule has 4 rings (SSSR count). The molecule has 1 aliphatic heterocycles. The molecule has 1 aromatic heterocycles. The number of nitrogens with zero attached hydrogens (tertiary/aromatic N) is 2. The number of aliphatic carboxylic acids is 1. The van der Waals surface area contributed by atoms with Crippen molar-refractivity contribution in [2.24, 2.45) is 5.41 Å². The Hall–Kier alpha value is -2.19. The number of carboxylic acid groups (broad SMARTS) is 1. The van der Waals surface area contributed by atoms with Crippen molar-refractivity contribution in [1.29, 1.82) is 0 Å². The third-order valence-electron chi connectivity index (χ3n) is 5.24. The van der Waals surface area contributed by atoms with Crippen molar-refractivity contribution >= 4 is 16.0 Å². The van der Waals surface area contributed by atoms with Gasteiger partial charge in [0.15, 0.2) is 0 Å². The van der Waals surface area contributed by atoms with Gasteiger partial charge in [0.05, 0.1) is 6.20 Å². The van der Waals surface area contributed by atoms with E-state index in [0.717, 1.165) is 36.2 Å². The topological polar surface area (TPSA) is 101 Å². The zero-order chi connectivity index (χ0) is 17.7. The van der Waals surface area contributed by atoms with E-state index in [1.165, 1.54) is 0 Å². The zero-order valence-electron chi connectivity index (χ0n) is 13.5. The molecular formula is C17H18N2O5S. The molecule has 0 radical (unpaired) electrons. The van der Waals surface area contributed by atoms with E-state index in [-0.39, 0.29) is 17.5 Å². The highest BCUT2D eigenvalue weighted by molar-refractivity contribution is 7.89. The Morgan fingerprint density at radius 3 is 2.56 bits per heavy atom. The number of hydrogen-bond donors (Lipinski definition) is 1. The second-order valence-corrected chi connectivity index (χ2v) is 8.53. The molecule has 1 saturated heterocycles. The molecule has 7 nitrogen and oxygen atoms in total. The highest BCUT2D eigenvalue weighted by Gasteiger charge is 2.61. The predicted molar refractivity (Wildman–Crippen MR) is 88.2 cm³/mol. The minimum Gasteiger partial charge on any atom is -0.480 e. The molecule has 1 N–H and O–H groups in total. The lowest BCUT2D eigenvalue weighted by Gasteiger charge is -2.52. The van der Waals surface area contributed by atoms with Gasteiger partial charge in [-0.15, -0.1) is 0 Å². The number of carboxylic acids is 1. The summed E-state index contributed by atoms with van der Waals surface area (Å²) in [4.78, 5) is 15.7. The van der Waals surface area contributed by atoms with Crippen LogP contribution in [0.4, 0.5) is 0 Å². The first kappa shape index (κ1) is 16.3. The van der Waals surface area contributed by atoms with Gasteiger partial charge in [0.1, 0.15) is 6.04 Å². The Morgan fingerprint density at radius 2 is 1.92 bits per heavy atom. The highest BCUT2D eigenvalue weighted by Crippen LogP contribution is 2.52. The Balaban J connectivity index is 1.64. The van der Waals surface area contributed by atoms with Crippen LogP contribution in [0.1, 0.15) is 25.7 Å². The maximum absolute atomic E-state index is 12.8. The van der Waals surface area contributed by atoms with Crippen LogP contribution in [0.25, 0.3) is 11.5 Å². The van der Waals surface area contributed by atoms with E-state index in [1.807, 2.05) is 6.07 Å². The van der Waals surface area contributed by atoms with Crippen LogP contribution in [0.3, 0.4) is 0 Å². The fourth-order valence-corrected chi connectivity index (χ4v) is 5.63. The summed E-state index contributed by atoms with van der Waals surface area (Å²) in [6.07, 6.45) is 4.54. The summed E-state index contributed by atoms with van der Waals surface area (Å²) in [5.41, 5.74) is 0.232. The van der Waals surface area contributed by atoms with Gasteiger partial charge in [-0.3, -0.25) is 4.79 Å². The van der Waals surface area contributed by atoms with Crippen molar-refractivity contribution < 1.29 is 22.7 Å². The lowest BCUT2D eigenvalue weighted by Crippen LogP contribution is -2.68. The van der Waals surface area contributed by atoms with E-state index in [0.29, 0.717) is 5.56 Å². The van der Waals surface area contributed by atoms with E-state index < -0.39 is 27.4 Å². The molecule has 2 fully saturated rings. The van der Waals surface area contributed by atoms with Gasteiger partial charge in [-0.25, -0.2) is 13.4 Å². The summed E-state index contributed by atoms with van der Waals surface area (Å²) < 4.78 is 32.2. The van der Waals surface area contributed by atoms with Gasteiger partial charge in [-0.2, -0.15) is 4.31 Å². The van der Waals surface area contributed by atoms with Gasteiger partial charge in [0.25, 0.3) is 15.1 Å². The van der Waals surface area contributed by atoms with Crippen molar-refractivity contribution in [2.75, 3.05) is 6.54 Å². The maximum atomic E-state index is 12.8. The first-order valence-corrected chi connectivity index (χ1v) is 9.64. The number of aromatic nitrogens is 1. The number of oxazole rings is 1. The van der Waals surface area contributed by atoms with Gasteiger partial charge in [0.2, 0.25) is 5.89 Å². The second kappa shape index (κ2) is 5.67. The van der Waals surface area contributed by atoms with Crippen LogP contribution in [0.15, 0.2) is 46.0 Å². The fraction of sp³-hybridized carbons (Fsp3) is 0.412. The van der Waals surface area contributed by atoms with E-state index in [2.05, 4.69) is 4.98 Å². The van der Waals surface area contributed by atoms with Crippen LogP contribution < -0.4 is 0 Å². The van der Waals surface area contributed by atoms with E-state index >= 15 is 0 Å². The van der Waals surface area contributed by atoms with E-state index in [1.54, 1.807) is 24.3 Å². The number of rotatable bonds is 4. The summed E-state index contributed by atoms with van der Waals surface area (Å²) in [6, 6.07) is 7.94. The van der Waals surface area contributed by atoms with Crippen molar-refractivity contribution in [3.63, 3.8) is 0 Å². The Bertz CT molecular complexity index is 900. The predicted octanol–water partition coefficient (Wildman–Crippen LogP) is 2.36.